The first-order valence-electron chi connectivity index (χ1n) is 10.1. The Balaban J connectivity index is 1.23. The molecular weight excluding hydrogens is 339 g/mol. The van der Waals surface area contributed by atoms with Gasteiger partial charge in [0.1, 0.15) is 11.6 Å². The maximum absolute atomic E-state index is 13.0. The smallest absolute Gasteiger partial charge is 0.159 e. The van der Waals surface area contributed by atoms with E-state index in [9.17, 15) is 4.39 Å². The molecule has 1 aliphatic heterocycles. The third kappa shape index (κ3) is 4.44. The summed E-state index contributed by atoms with van der Waals surface area (Å²) in [5.41, 5.74) is 3.77. The van der Waals surface area contributed by atoms with E-state index >= 15 is 0 Å². The van der Waals surface area contributed by atoms with Crippen molar-refractivity contribution in [3.63, 3.8) is 0 Å². The Kier molecular flexibility index (Phi) is 5.63. The summed E-state index contributed by atoms with van der Waals surface area (Å²) in [6.07, 6.45) is 7.15. The van der Waals surface area contributed by atoms with E-state index in [0.717, 1.165) is 30.8 Å². The van der Waals surface area contributed by atoms with Crippen LogP contribution in [-0.2, 0) is 6.42 Å². The van der Waals surface area contributed by atoms with Crippen molar-refractivity contribution in [3.05, 3.63) is 59.4 Å². The van der Waals surface area contributed by atoms with E-state index < -0.39 is 0 Å². The van der Waals surface area contributed by atoms with Crippen molar-refractivity contribution in [1.82, 2.24) is 4.90 Å². The lowest BCUT2D eigenvalue weighted by atomic mass is 9.81. The number of anilines is 1. The number of hydrogen-bond acceptors (Lipinski definition) is 3. The van der Waals surface area contributed by atoms with Gasteiger partial charge in [-0.2, -0.15) is 0 Å². The van der Waals surface area contributed by atoms with Gasteiger partial charge in [-0.3, -0.25) is 0 Å². The number of fused-ring (bicyclic) bond motifs is 1. The SMILES string of the molecule is CN(CCCc1ccc(F)cc1)C1CCC(c2ccc3c(c2)OCN3)CC1. The van der Waals surface area contributed by atoms with E-state index in [1.54, 1.807) is 12.1 Å². The van der Waals surface area contributed by atoms with Crippen LogP contribution >= 0.6 is 0 Å². The van der Waals surface area contributed by atoms with E-state index in [1.165, 1.54) is 36.8 Å². The largest absolute Gasteiger partial charge is 0.471 e. The highest BCUT2D eigenvalue weighted by atomic mass is 19.1. The van der Waals surface area contributed by atoms with Gasteiger partial charge in [-0.05, 0) is 93.4 Å². The Bertz CT molecular complexity index is 753. The number of nitrogens with one attached hydrogen (secondary N) is 1. The molecule has 0 atom stereocenters. The molecule has 0 amide bonds. The van der Waals surface area contributed by atoms with Gasteiger partial charge in [0.2, 0.25) is 0 Å². The minimum absolute atomic E-state index is 0.154. The van der Waals surface area contributed by atoms with E-state index in [0.29, 0.717) is 18.7 Å². The summed E-state index contributed by atoms with van der Waals surface area (Å²) < 4.78 is 18.6. The zero-order valence-electron chi connectivity index (χ0n) is 16.1. The molecule has 4 rings (SSSR count). The Labute approximate surface area is 161 Å². The third-order valence-electron chi connectivity index (χ3n) is 6.18. The summed E-state index contributed by atoms with van der Waals surface area (Å²) in [4.78, 5) is 2.52. The van der Waals surface area contributed by atoms with Gasteiger partial charge >= 0.3 is 0 Å². The van der Waals surface area contributed by atoms with Crippen molar-refractivity contribution in [3.8, 4) is 5.75 Å². The van der Waals surface area contributed by atoms with Crippen molar-refractivity contribution < 1.29 is 9.13 Å². The molecule has 1 fully saturated rings. The quantitative estimate of drug-likeness (QED) is 0.760. The van der Waals surface area contributed by atoms with Crippen LogP contribution in [0.1, 0.15) is 49.1 Å². The van der Waals surface area contributed by atoms with E-state index in [-0.39, 0.29) is 5.82 Å². The second-order valence-electron chi connectivity index (χ2n) is 7.94. The molecule has 1 aliphatic carbocycles. The van der Waals surface area contributed by atoms with Crippen LogP contribution in [0.4, 0.5) is 10.1 Å². The van der Waals surface area contributed by atoms with Crippen LogP contribution in [-0.4, -0.2) is 31.3 Å². The van der Waals surface area contributed by atoms with Gasteiger partial charge in [0.15, 0.2) is 6.73 Å². The monoisotopic (exact) mass is 368 g/mol. The maximum atomic E-state index is 13.0. The predicted molar refractivity (Wildman–Crippen MR) is 108 cm³/mol. The number of halogens is 1. The maximum Gasteiger partial charge on any atom is 0.159 e. The van der Waals surface area contributed by atoms with Crippen LogP contribution in [0, 0.1) is 5.82 Å². The lowest BCUT2D eigenvalue weighted by molar-refractivity contribution is 0.181. The molecule has 0 radical (unpaired) electrons. The average molecular weight is 368 g/mol. The fourth-order valence-corrected chi connectivity index (χ4v) is 4.47. The fraction of sp³-hybridized carbons (Fsp3) is 0.478. The first-order chi connectivity index (χ1) is 13.2. The molecule has 1 N–H and O–H groups in total. The topological polar surface area (TPSA) is 24.5 Å². The Morgan fingerprint density at radius 2 is 1.85 bits per heavy atom. The van der Waals surface area contributed by atoms with Crippen molar-refractivity contribution in [2.75, 3.05) is 25.6 Å². The van der Waals surface area contributed by atoms with Gasteiger partial charge in [-0.25, -0.2) is 4.39 Å². The summed E-state index contributed by atoms with van der Waals surface area (Å²) in [6.45, 7) is 1.69. The van der Waals surface area contributed by atoms with Crippen LogP contribution in [0.2, 0.25) is 0 Å². The van der Waals surface area contributed by atoms with Crippen LogP contribution in [0.25, 0.3) is 0 Å². The molecule has 1 saturated carbocycles. The van der Waals surface area contributed by atoms with Gasteiger partial charge in [0.05, 0.1) is 5.69 Å². The highest BCUT2D eigenvalue weighted by molar-refractivity contribution is 5.60. The normalized spacial score (nSPS) is 21.6. The molecule has 2 aliphatic rings. The second-order valence-corrected chi connectivity index (χ2v) is 7.94. The number of ether oxygens (including phenoxy) is 1. The highest BCUT2D eigenvalue weighted by Gasteiger charge is 2.25. The number of aryl methyl sites for hydroxylation is 1. The fourth-order valence-electron chi connectivity index (χ4n) is 4.47. The van der Waals surface area contributed by atoms with Crippen LogP contribution < -0.4 is 10.1 Å². The molecule has 0 bridgehead atoms. The van der Waals surface area contributed by atoms with E-state index in [2.05, 4.69) is 35.5 Å². The average Bonchev–Trinajstić information content (AvgIpc) is 3.17. The van der Waals surface area contributed by atoms with E-state index in [4.69, 9.17) is 4.74 Å². The molecule has 4 heteroatoms. The van der Waals surface area contributed by atoms with Crippen LogP contribution in [0.3, 0.4) is 0 Å². The van der Waals surface area contributed by atoms with Gasteiger partial charge < -0.3 is 15.0 Å². The molecule has 2 aromatic carbocycles. The van der Waals surface area contributed by atoms with Gasteiger partial charge in [0, 0.05) is 6.04 Å². The standard InChI is InChI=1S/C23H29FN2O/c1-26(14-2-3-17-4-9-20(24)10-5-17)21-11-6-18(7-12-21)19-8-13-22-23(15-19)27-16-25-22/h4-5,8-10,13,15,18,21,25H,2-3,6-7,11-12,14,16H2,1H3. The minimum atomic E-state index is -0.154. The number of benzene rings is 2. The zero-order chi connectivity index (χ0) is 18.6. The Hall–Kier alpha value is -2.07. The van der Waals surface area contributed by atoms with Crippen molar-refractivity contribution in [2.24, 2.45) is 0 Å². The van der Waals surface area contributed by atoms with E-state index in [1.807, 2.05) is 12.1 Å². The zero-order valence-corrected chi connectivity index (χ0v) is 16.1. The Morgan fingerprint density at radius 3 is 2.63 bits per heavy atom. The summed E-state index contributed by atoms with van der Waals surface area (Å²) in [7, 11) is 2.25. The summed E-state index contributed by atoms with van der Waals surface area (Å²) in [5, 5.41) is 3.24. The van der Waals surface area contributed by atoms with Gasteiger partial charge in [-0.15, -0.1) is 0 Å². The minimum Gasteiger partial charge on any atom is -0.471 e. The summed E-state index contributed by atoms with van der Waals surface area (Å²) in [6, 6.07) is 14.2. The molecule has 0 unspecified atom stereocenters. The molecule has 0 spiro atoms. The van der Waals surface area contributed by atoms with Crippen molar-refractivity contribution >= 4 is 5.69 Å². The number of nitrogens with zero attached hydrogens (tertiary/aromatic N) is 1. The first kappa shape index (κ1) is 18.3. The van der Waals surface area contributed by atoms with Gasteiger partial charge in [-0.1, -0.05) is 18.2 Å². The molecule has 144 valence electrons. The molecule has 0 saturated heterocycles. The lowest BCUT2D eigenvalue weighted by Gasteiger charge is -2.35. The Morgan fingerprint density at radius 1 is 1.07 bits per heavy atom. The first-order valence-corrected chi connectivity index (χ1v) is 10.1. The van der Waals surface area contributed by atoms with Crippen molar-refractivity contribution in [1.29, 1.82) is 0 Å². The summed E-state index contributed by atoms with van der Waals surface area (Å²) >= 11 is 0. The molecule has 0 aromatic heterocycles. The number of hydrogen-bond donors (Lipinski definition) is 1. The third-order valence-corrected chi connectivity index (χ3v) is 6.18. The highest BCUT2D eigenvalue weighted by Crippen LogP contribution is 2.38. The van der Waals surface area contributed by atoms with Gasteiger partial charge in [0.25, 0.3) is 0 Å². The number of rotatable bonds is 6. The molecule has 3 nitrogen and oxygen atoms in total. The van der Waals surface area contributed by atoms with Crippen LogP contribution in [0.5, 0.6) is 5.75 Å². The summed E-state index contributed by atoms with van der Waals surface area (Å²) in [5.74, 6) is 1.51. The molecule has 1 heterocycles. The van der Waals surface area contributed by atoms with Crippen molar-refractivity contribution in [2.45, 2.75) is 50.5 Å². The molecule has 27 heavy (non-hydrogen) atoms. The van der Waals surface area contributed by atoms with Crippen LogP contribution in [0.15, 0.2) is 42.5 Å². The molecule has 2 aromatic rings. The second kappa shape index (κ2) is 8.30. The predicted octanol–water partition coefficient (Wildman–Crippen LogP) is 5.18. The lowest BCUT2D eigenvalue weighted by Crippen LogP contribution is -2.35. The molecular formula is C23H29FN2O.